The second kappa shape index (κ2) is 7.93. The molecular weight excluding hydrogens is 384 g/mol. The zero-order chi connectivity index (χ0) is 19.6. The number of allylic oxidation sites excluding steroid dienone is 2. The van der Waals surface area contributed by atoms with Gasteiger partial charge >= 0.3 is 5.97 Å². The Balaban J connectivity index is 2.29. The van der Waals surface area contributed by atoms with E-state index in [4.69, 9.17) is 4.74 Å². The topological polar surface area (TPSA) is 77.3 Å². The summed E-state index contributed by atoms with van der Waals surface area (Å²) in [6.45, 7) is 0. The van der Waals surface area contributed by atoms with Gasteiger partial charge in [0.15, 0.2) is 0 Å². The molecule has 0 fully saturated rings. The molecule has 0 unspecified atom stereocenters. The Morgan fingerprint density at radius 2 is 2.15 bits per heavy atom. The van der Waals surface area contributed by atoms with Gasteiger partial charge in [-0.15, -0.1) is 23.1 Å². The molecule has 140 valence electrons. The van der Waals surface area contributed by atoms with Gasteiger partial charge in [-0.1, -0.05) is 0 Å². The largest absolute Gasteiger partial charge is 0.466 e. The Morgan fingerprint density at radius 3 is 2.81 bits per heavy atom. The maximum Gasteiger partial charge on any atom is 0.332 e. The number of rotatable bonds is 5. The molecule has 9 heteroatoms. The van der Waals surface area contributed by atoms with Gasteiger partial charge in [-0.3, -0.25) is 9.36 Å². The molecule has 7 nitrogen and oxygen atoms in total. The molecule has 0 spiro atoms. The molecule has 0 aliphatic carbocycles. The normalized spacial score (nSPS) is 12.2. The number of carbonyl (C=O) groups is 1. The quantitative estimate of drug-likeness (QED) is 0.369. The van der Waals surface area contributed by atoms with E-state index in [1.165, 1.54) is 47.2 Å². The van der Waals surface area contributed by atoms with Crippen molar-refractivity contribution in [3.63, 3.8) is 0 Å². The Bertz CT molecular complexity index is 1130. The van der Waals surface area contributed by atoms with Crippen molar-refractivity contribution in [2.24, 2.45) is 0 Å². The smallest absolute Gasteiger partial charge is 0.332 e. The fraction of sp³-hybridized carbons (Fsp3) is 0.222. The van der Waals surface area contributed by atoms with Crippen LogP contribution in [0.25, 0.3) is 26.1 Å². The van der Waals surface area contributed by atoms with Gasteiger partial charge in [-0.05, 0) is 23.8 Å². The van der Waals surface area contributed by atoms with Crippen LogP contribution in [-0.2, 0) is 9.53 Å². The van der Waals surface area contributed by atoms with Gasteiger partial charge in [0.2, 0.25) is 0 Å². The van der Waals surface area contributed by atoms with Crippen LogP contribution in [0.15, 0.2) is 40.9 Å². The fourth-order valence-corrected chi connectivity index (χ4v) is 3.93. The number of esters is 1. The third-order valence-electron chi connectivity index (χ3n) is 3.86. The van der Waals surface area contributed by atoms with Crippen molar-refractivity contribution in [2.45, 2.75) is 0 Å². The van der Waals surface area contributed by atoms with Crippen LogP contribution in [0.1, 0.15) is 0 Å². The highest BCUT2D eigenvalue weighted by molar-refractivity contribution is 8.01. The number of anilines is 1. The summed E-state index contributed by atoms with van der Waals surface area (Å²) in [4.78, 5) is 36.4. The monoisotopic (exact) mass is 402 g/mol. The van der Waals surface area contributed by atoms with Crippen molar-refractivity contribution in [3.8, 4) is 0 Å². The van der Waals surface area contributed by atoms with E-state index in [1.54, 1.807) is 17.7 Å². The molecular formula is C18H18N4O3S2. The molecule has 3 aromatic heterocycles. The molecule has 0 atom stereocenters. The Hall–Kier alpha value is -2.65. The number of aromatic nitrogens is 3. The minimum Gasteiger partial charge on any atom is -0.466 e. The van der Waals surface area contributed by atoms with Gasteiger partial charge in [0, 0.05) is 26.4 Å². The van der Waals surface area contributed by atoms with Crippen LogP contribution in [-0.4, -0.2) is 48.0 Å². The molecule has 0 aromatic carbocycles. The highest BCUT2D eigenvalue weighted by Gasteiger charge is 2.17. The predicted molar refractivity (Wildman–Crippen MR) is 112 cm³/mol. The highest BCUT2D eigenvalue weighted by Crippen LogP contribution is 2.35. The summed E-state index contributed by atoms with van der Waals surface area (Å²) in [5.74, 6) is -0.546. The Kier molecular flexibility index (Phi) is 5.62. The average molecular weight is 403 g/mol. The number of hydrogen-bond donors (Lipinski definition) is 0. The summed E-state index contributed by atoms with van der Waals surface area (Å²) in [6.07, 6.45) is 7.97. The molecule has 0 amide bonds. The third kappa shape index (κ3) is 3.60. The molecule has 27 heavy (non-hydrogen) atoms. The minimum atomic E-state index is -0.546. The first-order chi connectivity index (χ1) is 13.0. The Morgan fingerprint density at radius 1 is 1.37 bits per heavy atom. The fourth-order valence-electron chi connectivity index (χ4n) is 2.61. The van der Waals surface area contributed by atoms with Crippen molar-refractivity contribution in [2.75, 3.05) is 32.4 Å². The molecule has 3 aromatic rings. The number of thiophene rings is 1. The second-order valence-electron chi connectivity index (χ2n) is 5.73. The number of hydrogen-bond acceptors (Lipinski definition) is 8. The van der Waals surface area contributed by atoms with Gasteiger partial charge in [0.25, 0.3) is 5.56 Å². The van der Waals surface area contributed by atoms with E-state index in [0.29, 0.717) is 15.9 Å². The summed E-state index contributed by atoms with van der Waals surface area (Å²) in [7, 11) is 5.16. The molecule has 0 saturated carbocycles. The first kappa shape index (κ1) is 19.1. The summed E-state index contributed by atoms with van der Waals surface area (Å²) in [5.41, 5.74) is 1.69. The lowest BCUT2D eigenvalue weighted by molar-refractivity contribution is -0.134. The molecule has 0 aliphatic heterocycles. The van der Waals surface area contributed by atoms with Crippen LogP contribution in [0.3, 0.4) is 0 Å². The molecule has 0 bridgehead atoms. The summed E-state index contributed by atoms with van der Waals surface area (Å²) < 4.78 is 6.53. The zero-order valence-electron chi connectivity index (χ0n) is 15.3. The lowest BCUT2D eigenvalue weighted by atomic mass is 10.2. The van der Waals surface area contributed by atoms with Crippen molar-refractivity contribution in [1.29, 1.82) is 0 Å². The zero-order valence-corrected chi connectivity index (χ0v) is 16.9. The van der Waals surface area contributed by atoms with E-state index in [-0.39, 0.29) is 5.56 Å². The molecule has 0 N–H and O–H groups in total. The van der Waals surface area contributed by atoms with Crippen LogP contribution in [0.5, 0.6) is 0 Å². The van der Waals surface area contributed by atoms with E-state index in [9.17, 15) is 9.59 Å². The molecule has 3 heterocycles. The first-order valence-electron chi connectivity index (χ1n) is 7.93. The highest BCUT2D eigenvalue weighted by atomic mass is 32.2. The molecule has 0 aliphatic rings. The van der Waals surface area contributed by atoms with Gasteiger partial charge in [0.05, 0.1) is 29.4 Å². The number of fused-ring (bicyclic) bond motifs is 3. The van der Waals surface area contributed by atoms with Crippen molar-refractivity contribution in [1.82, 2.24) is 14.5 Å². The van der Waals surface area contributed by atoms with Crippen molar-refractivity contribution < 1.29 is 9.53 Å². The van der Waals surface area contributed by atoms with Gasteiger partial charge in [-0.2, -0.15) is 0 Å². The second-order valence-corrected chi connectivity index (χ2v) is 7.48. The van der Waals surface area contributed by atoms with E-state index < -0.39 is 5.97 Å². The van der Waals surface area contributed by atoms with E-state index in [2.05, 4.69) is 9.97 Å². The summed E-state index contributed by atoms with van der Waals surface area (Å²) >= 11 is 2.75. The van der Waals surface area contributed by atoms with E-state index >= 15 is 0 Å². The molecule has 0 radical (unpaired) electrons. The molecule has 3 rings (SSSR count). The summed E-state index contributed by atoms with van der Waals surface area (Å²) in [6, 6.07) is 1.89. The maximum atomic E-state index is 13.1. The lowest BCUT2D eigenvalue weighted by Crippen LogP contribution is -2.19. The van der Waals surface area contributed by atoms with Crippen LogP contribution in [0.2, 0.25) is 0 Å². The van der Waals surface area contributed by atoms with Crippen LogP contribution < -0.4 is 10.5 Å². The SMILES string of the molecule is COC(=O)/C=C(/C=C\SC)n1cnc2c(sc3nccc(N(C)C)c32)c1=O. The number of nitrogens with zero attached hydrogens (tertiary/aromatic N) is 4. The van der Waals surface area contributed by atoms with E-state index in [1.807, 2.05) is 31.3 Å². The predicted octanol–water partition coefficient (Wildman–Crippen LogP) is 2.96. The van der Waals surface area contributed by atoms with E-state index in [0.717, 1.165) is 15.9 Å². The van der Waals surface area contributed by atoms with Gasteiger partial charge in [0.1, 0.15) is 15.9 Å². The number of carbonyl (C=O) groups excluding carboxylic acids is 1. The lowest BCUT2D eigenvalue weighted by Gasteiger charge is -2.13. The van der Waals surface area contributed by atoms with Crippen LogP contribution >= 0.6 is 23.1 Å². The number of methoxy groups -OCH3 is 1. The Labute approximate surface area is 164 Å². The minimum absolute atomic E-state index is 0.256. The number of thioether (sulfide) groups is 1. The van der Waals surface area contributed by atoms with Crippen molar-refractivity contribution >= 4 is 60.9 Å². The van der Waals surface area contributed by atoms with Crippen molar-refractivity contribution in [3.05, 3.63) is 46.5 Å². The van der Waals surface area contributed by atoms with Gasteiger partial charge in [-0.25, -0.2) is 14.8 Å². The third-order valence-corrected chi connectivity index (χ3v) is 5.35. The standard InChI is InChI=1S/C18H18N4O3S2/c1-21(2)12-5-7-19-17-14(12)15-16(27-17)18(24)22(10-20-15)11(6-8-26-4)9-13(23)25-3/h5-10H,1-4H3/b8-6-,11-9-. The van der Waals surface area contributed by atoms with Crippen LogP contribution in [0, 0.1) is 0 Å². The van der Waals surface area contributed by atoms with Gasteiger partial charge < -0.3 is 9.64 Å². The molecule has 0 saturated heterocycles. The number of pyridine rings is 1. The van der Waals surface area contributed by atoms with Crippen LogP contribution in [0.4, 0.5) is 5.69 Å². The average Bonchev–Trinajstić information content (AvgIpc) is 3.05. The maximum absolute atomic E-state index is 13.1. The first-order valence-corrected chi connectivity index (χ1v) is 10.0. The summed E-state index contributed by atoms with van der Waals surface area (Å²) in [5, 5.41) is 2.63. The number of ether oxygens (including phenoxy) is 1.